The lowest BCUT2D eigenvalue weighted by molar-refractivity contribution is -0.122. The molecule has 1 aliphatic heterocycles. The fraction of sp³-hybridized carbons (Fsp3) is 0.0690. The first-order valence-corrected chi connectivity index (χ1v) is 12.1. The summed E-state index contributed by atoms with van der Waals surface area (Å²) in [6, 6.07) is 25.8. The molecule has 5 rings (SSSR count). The Bertz CT molecular complexity index is 1550. The molecule has 4 amide bonds. The molecule has 4 aromatic rings. The van der Waals surface area contributed by atoms with Crippen molar-refractivity contribution in [3.05, 3.63) is 112 Å². The number of hydrogen-bond donors (Lipinski definition) is 1. The molecular formula is C29H21BrN2O4. The number of para-hydroxylation sites is 1. The SMILES string of the molecule is Cc1ccccc1N1C(=O)NC(=O)/C(=C\c2ccc(OCc3cccc4ccccc34)c(Br)c2)C1=O. The maximum atomic E-state index is 13.2. The molecule has 1 saturated heterocycles. The number of aryl methyl sites for hydroxylation is 1. The third kappa shape index (κ3) is 4.53. The Morgan fingerprint density at radius 2 is 1.67 bits per heavy atom. The van der Waals surface area contributed by atoms with Crippen LogP contribution in [0.3, 0.4) is 0 Å². The van der Waals surface area contributed by atoms with Gasteiger partial charge in [-0.25, -0.2) is 9.69 Å². The second-order valence-electron chi connectivity index (χ2n) is 8.36. The van der Waals surface area contributed by atoms with Crippen molar-refractivity contribution >= 4 is 56.3 Å². The Labute approximate surface area is 216 Å². The van der Waals surface area contributed by atoms with E-state index in [0.717, 1.165) is 26.8 Å². The molecule has 0 saturated carbocycles. The van der Waals surface area contributed by atoms with Crippen LogP contribution in [0.4, 0.5) is 10.5 Å². The molecular weight excluding hydrogens is 520 g/mol. The smallest absolute Gasteiger partial charge is 0.335 e. The van der Waals surface area contributed by atoms with Crippen LogP contribution in [0.2, 0.25) is 0 Å². The molecule has 0 spiro atoms. The molecule has 0 bridgehead atoms. The molecule has 1 N–H and O–H groups in total. The highest BCUT2D eigenvalue weighted by molar-refractivity contribution is 9.10. The largest absolute Gasteiger partial charge is 0.488 e. The Balaban J connectivity index is 1.39. The number of ether oxygens (including phenoxy) is 1. The second kappa shape index (κ2) is 9.79. The number of fused-ring (bicyclic) bond motifs is 1. The van der Waals surface area contributed by atoms with Crippen LogP contribution in [0.15, 0.2) is 95.0 Å². The summed E-state index contributed by atoms with van der Waals surface area (Å²) in [5.74, 6) is -0.783. The number of halogens is 1. The Hall–Kier alpha value is -4.23. The number of carbonyl (C=O) groups is 3. The van der Waals surface area contributed by atoms with Gasteiger partial charge >= 0.3 is 6.03 Å². The van der Waals surface area contributed by atoms with Crippen molar-refractivity contribution in [2.75, 3.05) is 4.90 Å². The van der Waals surface area contributed by atoms with Crippen molar-refractivity contribution in [1.82, 2.24) is 5.32 Å². The zero-order chi connectivity index (χ0) is 25.2. The predicted octanol–water partition coefficient (Wildman–Crippen LogP) is 6.16. The lowest BCUT2D eigenvalue weighted by atomic mass is 10.1. The molecule has 36 heavy (non-hydrogen) atoms. The van der Waals surface area contributed by atoms with E-state index in [9.17, 15) is 14.4 Å². The Kier molecular flexibility index (Phi) is 6.40. The maximum absolute atomic E-state index is 13.2. The molecule has 4 aromatic carbocycles. The zero-order valence-electron chi connectivity index (χ0n) is 19.3. The van der Waals surface area contributed by atoms with Gasteiger partial charge in [0.2, 0.25) is 0 Å². The number of rotatable bonds is 5. The number of nitrogens with one attached hydrogen (secondary N) is 1. The summed E-state index contributed by atoms with van der Waals surface area (Å²) in [4.78, 5) is 39.1. The summed E-state index contributed by atoms with van der Waals surface area (Å²) in [5.41, 5.74) is 2.71. The van der Waals surface area contributed by atoms with E-state index in [0.29, 0.717) is 28.1 Å². The van der Waals surface area contributed by atoms with Gasteiger partial charge in [0.25, 0.3) is 11.8 Å². The normalized spacial score (nSPS) is 14.9. The number of barbiturate groups is 1. The van der Waals surface area contributed by atoms with Gasteiger partial charge in [0, 0.05) is 0 Å². The molecule has 1 aliphatic rings. The van der Waals surface area contributed by atoms with Crippen LogP contribution in [0, 0.1) is 6.92 Å². The highest BCUT2D eigenvalue weighted by atomic mass is 79.9. The summed E-state index contributed by atoms with van der Waals surface area (Å²) < 4.78 is 6.73. The number of benzene rings is 4. The lowest BCUT2D eigenvalue weighted by Gasteiger charge is -2.27. The predicted molar refractivity (Wildman–Crippen MR) is 143 cm³/mol. The molecule has 0 aromatic heterocycles. The summed E-state index contributed by atoms with van der Waals surface area (Å²) >= 11 is 3.53. The van der Waals surface area contributed by atoms with Crippen LogP contribution in [-0.2, 0) is 16.2 Å². The maximum Gasteiger partial charge on any atom is 0.335 e. The van der Waals surface area contributed by atoms with Crippen molar-refractivity contribution in [3.8, 4) is 5.75 Å². The van der Waals surface area contributed by atoms with Crippen LogP contribution in [0.25, 0.3) is 16.8 Å². The van der Waals surface area contributed by atoms with E-state index in [2.05, 4.69) is 39.4 Å². The van der Waals surface area contributed by atoms with Crippen LogP contribution in [-0.4, -0.2) is 17.8 Å². The minimum atomic E-state index is -0.769. The number of imide groups is 2. The number of anilines is 1. The standard InChI is InChI=1S/C29H21BrN2O4/c1-18-7-2-5-12-25(18)32-28(34)23(27(33)31-29(32)35)15-19-13-14-26(24(30)16-19)36-17-21-10-6-9-20-8-3-4-11-22(20)21/h2-16H,17H2,1H3,(H,31,33,35)/b23-15+. The molecule has 0 radical (unpaired) electrons. The van der Waals surface area contributed by atoms with E-state index >= 15 is 0 Å². The first kappa shape index (κ1) is 23.5. The average Bonchev–Trinajstić information content (AvgIpc) is 2.87. The Morgan fingerprint density at radius 1 is 0.917 bits per heavy atom. The molecule has 0 unspecified atom stereocenters. The second-order valence-corrected chi connectivity index (χ2v) is 9.22. The van der Waals surface area contributed by atoms with Gasteiger partial charge in [-0.15, -0.1) is 0 Å². The van der Waals surface area contributed by atoms with Gasteiger partial charge in [-0.2, -0.15) is 0 Å². The van der Waals surface area contributed by atoms with Crippen LogP contribution in [0.5, 0.6) is 5.75 Å². The number of urea groups is 1. The number of nitrogens with zero attached hydrogens (tertiary/aromatic N) is 1. The third-order valence-electron chi connectivity index (χ3n) is 5.99. The Morgan fingerprint density at radius 3 is 2.47 bits per heavy atom. The summed E-state index contributed by atoms with van der Waals surface area (Å²) in [5, 5.41) is 4.54. The summed E-state index contributed by atoms with van der Waals surface area (Å²) in [6.07, 6.45) is 1.47. The fourth-order valence-electron chi connectivity index (χ4n) is 4.16. The van der Waals surface area contributed by atoms with E-state index in [1.165, 1.54) is 6.08 Å². The first-order valence-electron chi connectivity index (χ1n) is 11.3. The third-order valence-corrected chi connectivity index (χ3v) is 6.61. The molecule has 178 valence electrons. The van der Waals surface area contributed by atoms with Crippen molar-refractivity contribution < 1.29 is 19.1 Å². The summed E-state index contributed by atoms with van der Waals surface area (Å²) in [6.45, 7) is 2.18. The van der Waals surface area contributed by atoms with E-state index in [-0.39, 0.29) is 5.57 Å². The van der Waals surface area contributed by atoms with Gasteiger partial charge in [0.1, 0.15) is 17.9 Å². The zero-order valence-corrected chi connectivity index (χ0v) is 20.9. The minimum Gasteiger partial charge on any atom is -0.488 e. The van der Waals surface area contributed by atoms with Crippen molar-refractivity contribution in [2.24, 2.45) is 0 Å². The highest BCUT2D eigenvalue weighted by Gasteiger charge is 2.37. The number of amides is 4. The van der Waals surface area contributed by atoms with Crippen molar-refractivity contribution in [1.29, 1.82) is 0 Å². The van der Waals surface area contributed by atoms with Gasteiger partial charge in [0.15, 0.2) is 0 Å². The number of hydrogen-bond acceptors (Lipinski definition) is 4. The van der Waals surface area contributed by atoms with Crippen LogP contribution in [0.1, 0.15) is 16.7 Å². The molecule has 6 nitrogen and oxygen atoms in total. The lowest BCUT2D eigenvalue weighted by Crippen LogP contribution is -2.54. The number of carbonyl (C=O) groups excluding carboxylic acids is 3. The average molecular weight is 541 g/mol. The van der Waals surface area contributed by atoms with Gasteiger partial charge in [-0.1, -0.05) is 66.7 Å². The van der Waals surface area contributed by atoms with Crippen molar-refractivity contribution in [2.45, 2.75) is 13.5 Å². The minimum absolute atomic E-state index is 0.130. The van der Waals surface area contributed by atoms with Gasteiger partial charge in [0.05, 0.1) is 10.2 Å². The monoisotopic (exact) mass is 540 g/mol. The van der Waals surface area contributed by atoms with E-state index in [1.807, 2.05) is 30.3 Å². The van der Waals surface area contributed by atoms with Crippen molar-refractivity contribution in [3.63, 3.8) is 0 Å². The van der Waals surface area contributed by atoms with Crippen LogP contribution >= 0.6 is 15.9 Å². The van der Waals surface area contributed by atoms with Gasteiger partial charge in [-0.05, 0) is 74.6 Å². The van der Waals surface area contributed by atoms with E-state index in [1.54, 1.807) is 43.3 Å². The quantitative estimate of drug-likeness (QED) is 0.243. The molecule has 1 heterocycles. The summed E-state index contributed by atoms with van der Waals surface area (Å²) in [7, 11) is 0. The van der Waals surface area contributed by atoms with Gasteiger partial charge < -0.3 is 4.74 Å². The molecule has 1 fully saturated rings. The topological polar surface area (TPSA) is 75.7 Å². The molecule has 0 atom stereocenters. The molecule has 0 aliphatic carbocycles. The molecule has 7 heteroatoms. The van der Waals surface area contributed by atoms with E-state index < -0.39 is 17.8 Å². The van der Waals surface area contributed by atoms with Gasteiger partial charge in [-0.3, -0.25) is 14.9 Å². The fourth-order valence-corrected chi connectivity index (χ4v) is 4.67. The van der Waals surface area contributed by atoms with Crippen LogP contribution < -0.4 is 15.0 Å². The highest BCUT2D eigenvalue weighted by Crippen LogP contribution is 2.30. The first-order chi connectivity index (χ1) is 17.4. The van der Waals surface area contributed by atoms with E-state index in [4.69, 9.17) is 4.74 Å².